The van der Waals surface area contributed by atoms with Crippen molar-refractivity contribution < 1.29 is 5.11 Å². The smallest absolute Gasteiger partial charge is 0.0584 e. The van der Waals surface area contributed by atoms with Crippen LogP contribution in [0, 0.1) is 0 Å². The van der Waals surface area contributed by atoms with E-state index in [-0.39, 0.29) is 6.61 Å². The fourth-order valence-electron chi connectivity index (χ4n) is 0.748. The predicted molar refractivity (Wildman–Crippen MR) is 49.1 cm³/mol. The van der Waals surface area contributed by atoms with E-state index in [9.17, 15) is 0 Å². The second kappa shape index (κ2) is 7.82. The largest absolute Gasteiger partial charge is 0.395 e. The second-order valence-corrected chi connectivity index (χ2v) is 2.54. The number of rotatable bonds is 6. The topological polar surface area (TPSA) is 35.8 Å². The second-order valence-electron chi connectivity index (χ2n) is 2.35. The summed E-state index contributed by atoms with van der Waals surface area (Å²) in [6.45, 7) is 2.62. The normalized spacial score (nSPS) is 9.73. The zero-order valence-electron chi connectivity index (χ0n) is 6.79. The van der Waals surface area contributed by atoms with E-state index >= 15 is 0 Å². The molecule has 0 saturated heterocycles. The van der Waals surface area contributed by atoms with Gasteiger partial charge in [0.25, 0.3) is 0 Å². The summed E-state index contributed by atoms with van der Waals surface area (Å²) in [5.41, 5.74) is 0. The third kappa shape index (κ3) is 7.62. The van der Waals surface area contributed by atoms with E-state index < -0.39 is 0 Å². The Labute approximate surface area is 72.7 Å². The minimum absolute atomic E-state index is 0.215. The standard InChI is InChI=1S/C7H14N2OS/c1-9(5-6-10)4-2-3-8-7-11/h10H,2-6H2,1H3. The van der Waals surface area contributed by atoms with Gasteiger partial charge < -0.3 is 10.0 Å². The molecule has 0 amide bonds. The molecular formula is C7H14N2OS. The molecule has 0 aliphatic carbocycles. The summed E-state index contributed by atoms with van der Waals surface area (Å²) in [6, 6.07) is 0. The van der Waals surface area contributed by atoms with E-state index in [0.717, 1.165) is 26.1 Å². The summed E-state index contributed by atoms with van der Waals surface area (Å²) in [5, 5.41) is 10.9. The molecule has 4 heteroatoms. The molecule has 0 atom stereocenters. The molecule has 1 N–H and O–H groups in total. The summed E-state index contributed by atoms with van der Waals surface area (Å²) >= 11 is 4.41. The van der Waals surface area contributed by atoms with Crippen molar-refractivity contribution in [1.29, 1.82) is 0 Å². The van der Waals surface area contributed by atoms with Crippen LogP contribution in [0.15, 0.2) is 4.99 Å². The van der Waals surface area contributed by atoms with Gasteiger partial charge in [0.05, 0.1) is 18.3 Å². The minimum Gasteiger partial charge on any atom is -0.395 e. The van der Waals surface area contributed by atoms with E-state index in [1.54, 1.807) is 0 Å². The number of hydrogen-bond acceptors (Lipinski definition) is 4. The molecule has 0 bridgehead atoms. The average Bonchev–Trinajstić information content (AvgIpc) is 1.99. The highest BCUT2D eigenvalue weighted by molar-refractivity contribution is 7.78. The van der Waals surface area contributed by atoms with Gasteiger partial charge in [0.15, 0.2) is 0 Å². The Morgan fingerprint density at radius 1 is 1.55 bits per heavy atom. The molecule has 0 unspecified atom stereocenters. The van der Waals surface area contributed by atoms with E-state index in [2.05, 4.69) is 27.3 Å². The van der Waals surface area contributed by atoms with Gasteiger partial charge >= 0.3 is 0 Å². The molecule has 0 heterocycles. The van der Waals surface area contributed by atoms with Gasteiger partial charge in [0.2, 0.25) is 0 Å². The number of isothiocyanates is 1. The Morgan fingerprint density at radius 2 is 2.27 bits per heavy atom. The summed E-state index contributed by atoms with van der Waals surface area (Å²) in [7, 11) is 1.97. The Balaban J connectivity index is 3.16. The van der Waals surface area contributed by atoms with Crippen LogP contribution in [0.3, 0.4) is 0 Å². The average molecular weight is 174 g/mol. The fraction of sp³-hybridized carbons (Fsp3) is 0.857. The molecule has 0 saturated carbocycles. The highest BCUT2D eigenvalue weighted by Crippen LogP contribution is 1.86. The maximum atomic E-state index is 8.55. The van der Waals surface area contributed by atoms with E-state index in [0.29, 0.717) is 0 Å². The molecule has 0 aliphatic heterocycles. The lowest BCUT2D eigenvalue weighted by molar-refractivity contribution is 0.221. The van der Waals surface area contributed by atoms with Crippen LogP contribution in [0.4, 0.5) is 0 Å². The molecule has 11 heavy (non-hydrogen) atoms. The number of thiocarbonyl (C=S) groups is 1. The number of likely N-dealkylation sites (N-methyl/N-ethyl adjacent to an activating group) is 1. The van der Waals surface area contributed by atoms with Gasteiger partial charge in [-0.25, -0.2) is 4.99 Å². The molecule has 0 fully saturated rings. The predicted octanol–water partition coefficient (Wildman–Crippen LogP) is 0.403. The van der Waals surface area contributed by atoms with Crippen molar-refractivity contribution >= 4 is 17.4 Å². The molecule has 0 aromatic carbocycles. The highest BCUT2D eigenvalue weighted by Gasteiger charge is 1.94. The third-order valence-corrected chi connectivity index (χ3v) is 1.49. The van der Waals surface area contributed by atoms with Crippen molar-refractivity contribution in [3.8, 4) is 0 Å². The van der Waals surface area contributed by atoms with Crippen molar-refractivity contribution in [1.82, 2.24) is 4.90 Å². The van der Waals surface area contributed by atoms with E-state index in [1.165, 1.54) is 0 Å². The number of aliphatic hydroxyl groups excluding tert-OH is 1. The van der Waals surface area contributed by atoms with Gasteiger partial charge in [-0.3, -0.25) is 0 Å². The summed E-state index contributed by atoms with van der Waals surface area (Å²) in [5.74, 6) is 0. The van der Waals surface area contributed by atoms with Crippen LogP contribution >= 0.6 is 12.2 Å². The number of aliphatic hydroxyl groups is 1. The van der Waals surface area contributed by atoms with Crippen LogP contribution < -0.4 is 0 Å². The van der Waals surface area contributed by atoms with Gasteiger partial charge in [-0.05, 0) is 32.2 Å². The van der Waals surface area contributed by atoms with Crippen molar-refractivity contribution in [2.24, 2.45) is 4.99 Å². The molecule has 0 rings (SSSR count). The number of nitrogens with zero attached hydrogens (tertiary/aromatic N) is 2. The lowest BCUT2D eigenvalue weighted by Gasteiger charge is -2.12. The molecule has 0 spiro atoms. The van der Waals surface area contributed by atoms with Crippen LogP contribution in [0.5, 0.6) is 0 Å². The Bertz CT molecular complexity index is 134. The summed E-state index contributed by atoms with van der Waals surface area (Å²) < 4.78 is 0. The zero-order valence-corrected chi connectivity index (χ0v) is 7.60. The first-order valence-electron chi connectivity index (χ1n) is 3.64. The van der Waals surface area contributed by atoms with Crippen molar-refractivity contribution in [3.05, 3.63) is 0 Å². The van der Waals surface area contributed by atoms with Crippen LogP contribution in [0.2, 0.25) is 0 Å². The number of aliphatic imine (C=N–C) groups is 1. The maximum absolute atomic E-state index is 8.55. The third-order valence-electron chi connectivity index (χ3n) is 1.36. The van der Waals surface area contributed by atoms with Crippen molar-refractivity contribution in [3.63, 3.8) is 0 Å². The van der Waals surface area contributed by atoms with Gasteiger partial charge in [-0.15, -0.1) is 0 Å². The van der Waals surface area contributed by atoms with Crippen LogP contribution in [0.1, 0.15) is 6.42 Å². The zero-order chi connectivity index (χ0) is 8.53. The van der Waals surface area contributed by atoms with E-state index in [1.807, 2.05) is 7.05 Å². The molecule has 64 valence electrons. The van der Waals surface area contributed by atoms with Crippen LogP contribution in [-0.2, 0) is 0 Å². The molecule has 0 radical (unpaired) electrons. The molecule has 0 aliphatic rings. The summed E-state index contributed by atoms with van der Waals surface area (Å²) in [6.07, 6.45) is 0.972. The van der Waals surface area contributed by atoms with Crippen LogP contribution in [-0.4, -0.2) is 48.5 Å². The van der Waals surface area contributed by atoms with Gasteiger partial charge in [0.1, 0.15) is 0 Å². The molecule has 3 nitrogen and oxygen atoms in total. The first-order chi connectivity index (χ1) is 5.31. The molecule has 0 aromatic heterocycles. The lowest BCUT2D eigenvalue weighted by atomic mass is 10.4. The van der Waals surface area contributed by atoms with E-state index in [4.69, 9.17) is 5.11 Å². The van der Waals surface area contributed by atoms with Crippen molar-refractivity contribution in [2.75, 3.05) is 33.3 Å². The fourth-order valence-corrected chi connectivity index (χ4v) is 0.839. The SMILES string of the molecule is CN(CCO)CCCN=C=S. The summed E-state index contributed by atoms with van der Waals surface area (Å²) in [4.78, 5) is 5.83. The Hall–Kier alpha value is -0.280. The minimum atomic E-state index is 0.215. The highest BCUT2D eigenvalue weighted by atomic mass is 32.1. The monoisotopic (exact) mass is 174 g/mol. The molecular weight excluding hydrogens is 160 g/mol. The first-order valence-corrected chi connectivity index (χ1v) is 4.05. The number of hydrogen-bond donors (Lipinski definition) is 1. The first kappa shape index (κ1) is 10.7. The maximum Gasteiger partial charge on any atom is 0.0584 e. The Morgan fingerprint density at radius 3 is 2.82 bits per heavy atom. The van der Waals surface area contributed by atoms with Gasteiger partial charge in [-0.1, -0.05) is 0 Å². The lowest BCUT2D eigenvalue weighted by Crippen LogP contribution is -2.23. The van der Waals surface area contributed by atoms with Gasteiger partial charge in [0, 0.05) is 6.54 Å². The molecule has 0 aromatic rings. The van der Waals surface area contributed by atoms with Crippen LogP contribution in [0.25, 0.3) is 0 Å². The Kier molecular flexibility index (Phi) is 7.62. The van der Waals surface area contributed by atoms with Gasteiger partial charge in [-0.2, -0.15) is 0 Å². The van der Waals surface area contributed by atoms with Crippen molar-refractivity contribution in [2.45, 2.75) is 6.42 Å². The quantitative estimate of drug-likeness (QED) is 0.360.